The Morgan fingerprint density at radius 1 is 1.11 bits per heavy atom. The van der Waals surface area contributed by atoms with Gasteiger partial charge in [-0.15, -0.1) is 0 Å². The summed E-state index contributed by atoms with van der Waals surface area (Å²) >= 11 is 0. The van der Waals surface area contributed by atoms with Crippen LogP contribution in [0, 0.1) is 6.92 Å². The van der Waals surface area contributed by atoms with Gasteiger partial charge < -0.3 is 9.88 Å². The van der Waals surface area contributed by atoms with E-state index in [-0.39, 0.29) is 17.5 Å². The minimum Gasteiger partial charge on any atom is -0.348 e. The lowest BCUT2D eigenvalue weighted by molar-refractivity contribution is 0.0946. The minimum atomic E-state index is -0.236. The van der Waals surface area contributed by atoms with E-state index in [1.165, 1.54) is 4.68 Å². The Labute approximate surface area is 161 Å². The highest BCUT2D eigenvalue weighted by Gasteiger charge is 2.28. The Hall–Kier alpha value is -3.41. The zero-order chi connectivity index (χ0) is 19.4. The largest absolute Gasteiger partial charge is 0.348 e. The van der Waals surface area contributed by atoms with Crippen LogP contribution in [0.5, 0.6) is 0 Å². The highest BCUT2D eigenvalue weighted by molar-refractivity contribution is 6.16. The summed E-state index contributed by atoms with van der Waals surface area (Å²) < 4.78 is 3.19. The number of hydrogen-bond acceptors (Lipinski definition) is 3. The molecule has 28 heavy (non-hydrogen) atoms. The van der Waals surface area contributed by atoms with Gasteiger partial charge in [0.15, 0.2) is 5.69 Å². The maximum atomic E-state index is 13.4. The molecule has 5 rings (SSSR count). The molecule has 0 spiro atoms. The molecular weight excluding hydrogens is 352 g/mol. The van der Waals surface area contributed by atoms with Crippen molar-refractivity contribution < 1.29 is 4.79 Å². The fourth-order valence-electron chi connectivity index (χ4n) is 3.68. The Morgan fingerprint density at radius 3 is 2.54 bits per heavy atom. The van der Waals surface area contributed by atoms with Crippen molar-refractivity contribution in [2.45, 2.75) is 25.8 Å². The molecule has 0 radical (unpaired) electrons. The van der Waals surface area contributed by atoms with E-state index in [1.807, 2.05) is 67.1 Å². The normalized spacial score (nSPS) is 13.9. The molecule has 1 saturated carbocycles. The summed E-state index contributed by atoms with van der Waals surface area (Å²) in [7, 11) is 1.86. The molecule has 1 aliphatic rings. The third-order valence-corrected chi connectivity index (χ3v) is 5.34. The maximum absolute atomic E-state index is 13.4. The van der Waals surface area contributed by atoms with Crippen LogP contribution in [0.25, 0.3) is 27.5 Å². The molecule has 140 valence electrons. The third-order valence-electron chi connectivity index (χ3n) is 5.34. The van der Waals surface area contributed by atoms with Gasteiger partial charge in [-0.25, -0.2) is 0 Å². The second kappa shape index (κ2) is 6.05. The lowest BCUT2D eigenvalue weighted by Crippen LogP contribution is -2.31. The smallest absolute Gasteiger partial charge is 0.296 e. The summed E-state index contributed by atoms with van der Waals surface area (Å²) in [5, 5.41) is 9.02. The van der Waals surface area contributed by atoms with Crippen molar-refractivity contribution in [3.8, 4) is 5.69 Å². The molecule has 2 heterocycles. The zero-order valence-electron chi connectivity index (χ0n) is 15.8. The van der Waals surface area contributed by atoms with Gasteiger partial charge in [0.1, 0.15) is 5.52 Å². The molecule has 4 aromatic rings. The number of fused-ring (bicyclic) bond motifs is 3. The molecule has 1 fully saturated rings. The van der Waals surface area contributed by atoms with Crippen molar-refractivity contribution in [2.75, 3.05) is 0 Å². The number of carbonyl (C=O) groups is 1. The van der Waals surface area contributed by atoms with E-state index in [0.717, 1.165) is 29.3 Å². The van der Waals surface area contributed by atoms with Gasteiger partial charge in [0.05, 0.1) is 5.69 Å². The van der Waals surface area contributed by atoms with E-state index in [1.54, 1.807) is 0 Å². The lowest BCUT2D eigenvalue weighted by atomic mass is 10.1. The van der Waals surface area contributed by atoms with Gasteiger partial charge in [0.25, 0.3) is 11.5 Å². The Balaban J connectivity index is 1.87. The molecule has 2 aromatic carbocycles. The summed E-state index contributed by atoms with van der Waals surface area (Å²) in [4.78, 5) is 26.4. The van der Waals surface area contributed by atoms with Crippen LogP contribution < -0.4 is 10.9 Å². The molecule has 1 amide bonds. The van der Waals surface area contributed by atoms with E-state index >= 15 is 0 Å². The Bertz CT molecular complexity index is 1290. The molecule has 2 aromatic heterocycles. The fraction of sp³-hybridized carbons (Fsp3) is 0.227. The quantitative estimate of drug-likeness (QED) is 0.601. The van der Waals surface area contributed by atoms with E-state index in [0.29, 0.717) is 22.3 Å². The number of carbonyl (C=O) groups excluding carboxylic acids is 1. The van der Waals surface area contributed by atoms with Gasteiger partial charge in [0.2, 0.25) is 0 Å². The summed E-state index contributed by atoms with van der Waals surface area (Å²) in [6, 6.07) is 15.5. The van der Waals surface area contributed by atoms with Gasteiger partial charge >= 0.3 is 0 Å². The number of nitrogens with one attached hydrogen (secondary N) is 1. The summed E-state index contributed by atoms with van der Waals surface area (Å²) in [5.74, 6) is -0.232. The second-order valence-electron chi connectivity index (χ2n) is 7.45. The van der Waals surface area contributed by atoms with Gasteiger partial charge in [-0.05, 0) is 38.0 Å². The van der Waals surface area contributed by atoms with E-state index in [2.05, 4.69) is 10.4 Å². The van der Waals surface area contributed by atoms with Crippen molar-refractivity contribution >= 4 is 27.7 Å². The minimum absolute atomic E-state index is 0.207. The molecule has 6 nitrogen and oxygen atoms in total. The molecule has 0 bridgehead atoms. The van der Waals surface area contributed by atoms with Crippen molar-refractivity contribution in [3.05, 3.63) is 70.1 Å². The average Bonchev–Trinajstić information content (AvgIpc) is 3.46. The first-order valence-corrected chi connectivity index (χ1v) is 9.43. The van der Waals surface area contributed by atoms with Gasteiger partial charge in [-0.3, -0.25) is 9.59 Å². The van der Waals surface area contributed by atoms with Crippen molar-refractivity contribution in [2.24, 2.45) is 7.05 Å². The van der Waals surface area contributed by atoms with Gasteiger partial charge in [-0.2, -0.15) is 9.78 Å². The van der Waals surface area contributed by atoms with Gasteiger partial charge in [0, 0.05) is 29.4 Å². The zero-order valence-corrected chi connectivity index (χ0v) is 15.8. The van der Waals surface area contributed by atoms with Crippen LogP contribution in [0.1, 0.15) is 28.9 Å². The monoisotopic (exact) mass is 372 g/mol. The Kier molecular flexibility index (Phi) is 3.62. The van der Waals surface area contributed by atoms with Gasteiger partial charge in [-0.1, -0.05) is 35.9 Å². The number of hydrogen-bond donors (Lipinski definition) is 1. The third kappa shape index (κ3) is 2.52. The number of rotatable bonds is 3. The fourth-order valence-corrected chi connectivity index (χ4v) is 3.68. The first kappa shape index (κ1) is 16.7. The maximum Gasteiger partial charge on any atom is 0.296 e. The second-order valence-corrected chi connectivity index (χ2v) is 7.45. The van der Waals surface area contributed by atoms with Crippen LogP contribution in [0.4, 0.5) is 0 Å². The summed E-state index contributed by atoms with van der Waals surface area (Å²) in [6.07, 6.45) is 1.98. The first-order chi connectivity index (χ1) is 13.5. The van der Waals surface area contributed by atoms with Crippen LogP contribution in [-0.4, -0.2) is 26.3 Å². The van der Waals surface area contributed by atoms with Crippen LogP contribution in [0.15, 0.2) is 53.3 Å². The number of benzene rings is 2. The van der Waals surface area contributed by atoms with Crippen molar-refractivity contribution in [3.63, 3.8) is 0 Å². The predicted octanol–water partition coefficient (Wildman–Crippen LogP) is 3.08. The van der Waals surface area contributed by atoms with Crippen LogP contribution in [0.2, 0.25) is 0 Å². The molecule has 0 saturated heterocycles. The molecule has 0 unspecified atom stereocenters. The highest BCUT2D eigenvalue weighted by Crippen LogP contribution is 2.29. The number of aryl methyl sites for hydroxylation is 2. The summed E-state index contributed by atoms with van der Waals surface area (Å²) in [6.45, 7) is 1.99. The Morgan fingerprint density at radius 2 is 1.82 bits per heavy atom. The topological polar surface area (TPSA) is 68.9 Å². The SMILES string of the molecule is Cc1ccc(-n2nc(C(=O)NC3CC3)c3c4ccccc4n(C)c3c2=O)cc1. The number of aromatic nitrogens is 3. The lowest BCUT2D eigenvalue weighted by Gasteiger charge is -2.10. The molecule has 0 atom stereocenters. The molecule has 1 N–H and O–H groups in total. The molecular formula is C22H20N4O2. The van der Waals surface area contributed by atoms with E-state index in [4.69, 9.17) is 0 Å². The number of nitrogens with zero attached hydrogens (tertiary/aromatic N) is 3. The first-order valence-electron chi connectivity index (χ1n) is 9.43. The highest BCUT2D eigenvalue weighted by atomic mass is 16.2. The van der Waals surface area contributed by atoms with Crippen molar-refractivity contribution in [1.29, 1.82) is 0 Å². The van der Waals surface area contributed by atoms with E-state index < -0.39 is 0 Å². The van der Waals surface area contributed by atoms with Crippen LogP contribution in [-0.2, 0) is 7.05 Å². The standard InChI is InChI=1S/C22H20N4O2/c1-13-7-11-15(12-8-13)26-22(28)20-18(16-5-3-4-6-17(16)25(20)2)19(24-26)21(27)23-14-9-10-14/h3-8,11-12,14H,9-10H2,1-2H3,(H,23,27). The van der Waals surface area contributed by atoms with Crippen LogP contribution >= 0.6 is 0 Å². The summed E-state index contributed by atoms with van der Waals surface area (Å²) in [5.41, 5.74) is 3.17. The number of para-hydroxylation sites is 1. The number of amides is 1. The molecule has 0 aliphatic heterocycles. The predicted molar refractivity (Wildman–Crippen MR) is 109 cm³/mol. The molecule has 1 aliphatic carbocycles. The van der Waals surface area contributed by atoms with Crippen LogP contribution in [0.3, 0.4) is 0 Å². The van der Waals surface area contributed by atoms with Crippen molar-refractivity contribution in [1.82, 2.24) is 19.7 Å². The molecule has 6 heteroatoms. The van der Waals surface area contributed by atoms with E-state index in [9.17, 15) is 9.59 Å². The average molecular weight is 372 g/mol.